The van der Waals surface area contributed by atoms with E-state index >= 15 is 0 Å². The highest BCUT2D eigenvalue weighted by atomic mass is 79.9. The minimum Gasteiger partial charge on any atom is -0.465 e. The van der Waals surface area contributed by atoms with Crippen LogP contribution in [0.4, 0.5) is 0 Å². The second-order valence-electron chi connectivity index (χ2n) is 3.01. The van der Waals surface area contributed by atoms with Crippen molar-refractivity contribution in [1.82, 2.24) is 4.98 Å². The van der Waals surface area contributed by atoms with Gasteiger partial charge in [-0.05, 0) is 23.6 Å². The van der Waals surface area contributed by atoms with Crippen LogP contribution in [0.2, 0.25) is 0 Å². The molecule has 1 heterocycles. The molecule has 0 spiro atoms. The van der Waals surface area contributed by atoms with E-state index in [0.717, 1.165) is 15.2 Å². The van der Waals surface area contributed by atoms with Crippen molar-refractivity contribution in [2.24, 2.45) is 0 Å². The van der Waals surface area contributed by atoms with Gasteiger partial charge in [0, 0.05) is 22.3 Å². The zero-order valence-corrected chi connectivity index (χ0v) is 9.61. The Bertz CT molecular complexity index is 525. The molecule has 0 saturated carbocycles. The van der Waals surface area contributed by atoms with Crippen LogP contribution in [-0.4, -0.2) is 18.1 Å². The minimum absolute atomic E-state index is 0.347. The Labute approximate surface area is 95.2 Å². The number of pyridine rings is 1. The maximum absolute atomic E-state index is 11.5. The number of hydrogen-bond donors (Lipinski definition) is 0. The largest absolute Gasteiger partial charge is 0.465 e. The normalized spacial score (nSPS) is 10.3. The molecule has 0 aliphatic heterocycles. The quantitative estimate of drug-likeness (QED) is 0.745. The van der Waals surface area contributed by atoms with E-state index in [4.69, 9.17) is 4.74 Å². The van der Waals surface area contributed by atoms with Gasteiger partial charge in [-0.1, -0.05) is 15.9 Å². The van der Waals surface area contributed by atoms with Crippen LogP contribution in [0, 0.1) is 0 Å². The molecule has 0 bridgehead atoms. The third kappa shape index (κ3) is 1.72. The lowest BCUT2D eigenvalue weighted by molar-refractivity contribution is 0.0603. The predicted octanol–water partition coefficient (Wildman–Crippen LogP) is 2.78. The molecule has 1 aromatic carbocycles. The zero-order chi connectivity index (χ0) is 10.8. The fourth-order valence-corrected chi connectivity index (χ4v) is 1.92. The molecule has 4 heteroatoms. The number of esters is 1. The number of ether oxygens (including phenoxy) is 1. The van der Waals surface area contributed by atoms with Crippen LogP contribution < -0.4 is 0 Å². The van der Waals surface area contributed by atoms with Gasteiger partial charge >= 0.3 is 5.97 Å². The van der Waals surface area contributed by atoms with Gasteiger partial charge in [0.05, 0.1) is 12.7 Å². The number of aromatic nitrogens is 1. The summed E-state index contributed by atoms with van der Waals surface area (Å²) in [4.78, 5) is 15.5. The lowest BCUT2D eigenvalue weighted by Crippen LogP contribution is -2.02. The van der Waals surface area contributed by atoms with Crippen LogP contribution in [0.3, 0.4) is 0 Å². The molecule has 0 radical (unpaired) electrons. The summed E-state index contributed by atoms with van der Waals surface area (Å²) < 4.78 is 5.64. The Morgan fingerprint density at radius 2 is 2.13 bits per heavy atom. The lowest BCUT2D eigenvalue weighted by atomic mass is 10.1. The number of halogens is 1. The Balaban J connectivity index is 2.77. The van der Waals surface area contributed by atoms with Crippen molar-refractivity contribution < 1.29 is 9.53 Å². The van der Waals surface area contributed by atoms with E-state index in [9.17, 15) is 4.79 Å². The van der Waals surface area contributed by atoms with Gasteiger partial charge in [-0.25, -0.2) is 4.79 Å². The molecule has 0 fully saturated rings. The van der Waals surface area contributed by atoms with Crippen molar-refractivity contribution in [2.45, 2.75) is 0 Å². The van der Waals surface area contributed by atoms with Gasteiger partial charge in [0.2, 0.25) is 0 Å². The Kier molecular flexibility index (Phi) is 2.68. The summed E-state index contributed by atoms with van der Waals surface area (Å²) in [5, 5.41) is 1.74. The highest BCUT2D eigenvalue weighted by Crippen LogP contribution is 2.26. The molecule has 0 aliphatic rings. The van der Waals surface area contributed by atoms with E-state index in [2.05, 4.69) is 20.9 Å². The van der Waals surface area contributed by atoms with Crippen molar-refractivity contribution in [3.05, 3.63) is 40.6 Å². The topological polar surface area (TPSA) is 39.2 Å². The van der Waals surface area contributed by atoms with E-state index in [-0.39, 0.29) is 5.97 Å². The van der Waals surface area contributed by atoms with Gasteiger partial charge in [-0.3, -0.25) is 4.98 Å². The summed E-state index contributed by atoms with van der Waals surface area (Å²) in [6, 6.07) is 5.40. The lowest BCUT2D eigenvalue weighted by Gasteiger charge is -2.05. The first kappa shape index (κ1) is 10.1. The van der Waals surface area contributed by atoms with Crippen LogP contribution in [0.5, 0.6) is 0 Å². The van der Waals surface area contributed by atoms with Crippen molar-refractivity contribution >= 4 is 32.7 Å². The van der Waals surface area contributed by atoms with Gasteiger partial charge in [-0.2, -0.15) is 0 Å². The predicted molar refractivity (Wildman–Crippen MR) is 60.8 cm³/mol. The first-order valence-corrected chi connectivity index (χ1v) is 5.14. The Morgan fingerprint density at radius 3 is 2.87 bits per heavy atom. The molecule has 0 atom stereocenters. The molecular formula is C11H8BrNO2. The zero-order valence-electron chi connectivity index (χ0n) is 8.03. The Hall–Kier alpha value is -1.42. The molecule has 2 aromatic rings. The molecule has 1 aromatic heterocycles. The molecule has 2 rings (SSSR count). The Morgan fingerprint density at radius 1 is 1.33 bits per heavy atom. The average Bonchev–Trinajstić information content (AvgIpc) is 2.29. The van der Waals surface area contributed by atoms with Crippen molar-refractivity contribution in [1.29, 1.82) is 0 Å². The number of carbonyl (C=O) groups excluding carboxylic acids is 1. The number of nitrogens with zero attached hydrogens (tertiary/aromatic N) is 1. The average molecular weight is 266 g/mol. The smallest absolute Gasteiger partial charge is 0.338 e. The number of rotatable bonds is 1. The highest BCUT2D eigenvalue weighted by molar-refractivity contribution is 9.10. The summed E-state index contributed by atoms with van der Waals surface area (Å²) in [6.07, 6.45) is 3.35. The minimum atomic E-state index is -0.347. The summed E-state index contributed by atoms with van der Waals surface area (Å²) >= 11 is 3.42. The van der Waals surface area contributed by atoms with Gasteiger partial charge in [0.15, 0.2) is 0 Å². The van der Waals surface area contributed by atoms with E-state index in [0.29, 0.717) is 5.56 Å². The molecular weight excluding hydrogens is 258 g/mol. The second-order valence-corrected chi connectivity index (χ2v) is 3.86. The van der Waals surface area contributed by atoms with E-state index < -0.39 is 0 Å². The SMILES string of the molecule is COC(=O)c1ccc(Br)c2ccncc12. The van der Waals surface area contributed by atoms with Gasteiger partial charge in [-0.15, -0.1) is 0 Å². The number of carbonyl (C=O) groups is 1. The van der Waals surface area contributed by atoms with Crippen molar-refractivity contribution in [3.8, 4) is 0 Å². The highest BCUT2D eigenvalue weighted by Gasteiger charge is 2.11. The van der Waals surface area contributed by atoms with E-state index in [1.54, 1.807) is 18.5 Å². The van der Waals surface area contributed by atoms with Crippen molar-refractivity contribution in [3.63, 3.8) is 0 Å². The van der Waals surface area contributed by atoms with Crippen molar-refractivity contribution in [2.75, 3.05) is 7.11 Å². The molecule has 0 aliphatic carbocycles. The first-order valence-electron chi connectivity index (χ1n) is 4.34. The maximum Gasteiger partial charge on any atom is 0.338 e. The third-order valence-corrected chi connectivity index (χ3v) is 2.86. The number of benzene rings is 1. The summed E-state index contributed by atoms with van der Waals surface area (Å²) in [5.74, 6) is -0.347. The molecule has 76 valence electrons. The van der Waals surface area contributed by atoms with Crippen LogP contribution in [0.15, 0.2) is 35.1 Å². The molecule has 0 unspecified atom stereocenters. The van der Waals surface area contributed by atoms with Crippen LogP contribution in [0.1, 0.15) is 10.4 Å². The van der Waals surface area contributed by atoms with E-state index in [1.807, 2.05) is 12.1 Å². The van der Waals surface area contributed by atoms with Crippen LogP contribution in [0.25, 0.3) is 10.8 Å². The number of methoxy groups -OCH3 is 1. The molecule has 0 amide bonds. The van der Waals surface area contributed by atoms with Gasteiger partial charge in [0.1, 0.15) is 0 Å². The van der Waals surface area contributed by atoms with Crippen LogP contribution in [-0.2, 0) is 4.74 Å². The van der Waals surface area contributed by atoms with Gasteiger partial charge < -0.3 is 4.74 Å². The molecule has 0 N–H and O–H groups in total. The maximum atomic E-state index is 11.5. The fourth-order valence-electron chi connectivity index (χ4n) is 1.44. The molecule has 0 saturated heterocycles. The van der Waals surface area contributed by atoms with Crippen LogP contribution >= 0.6 is 15.9 Å². The first-order chi connectivity index (χ1) is 7.24. The standard InChI is InChI=1S/C11H8BrNO2/c1-15-11(14)8-2-3-10(12)7-4-5-13-6-9(7)8/h2-6H,1H3. The second kappa shape index (κ2) is 3.98. The summed E-state index contributed by atoms with van der Waals surface area (Å²) in [7, 11) is 1.37. The molecule has 3 nitrogen and oxygen atoms in total. The summed E-state index contributed by atoms with van der Waals surface area (Å²) in [6.45, 7) is 0. The number of hydrogen-bond acceptors (Lipinski definition) is 3. The fraction of sp³-hybridized carbons (Fsp3) is 0.0909. The van der Waals surface area contributed by atoms with Gasteiger partial charge in [0.25, 0.3) is 0 Å². The molecule has 15 heavy (non-hydrogen) atoms. The third-order valence-electron chi connectivity index (χ3n) is 2.17. The number of fused-ring (bicyclic) bond motifs is 1. The van der Waals surface area contributed by atoms with E-state index in [1.165, 1.54) is 7.11 Å². The monoisotopic (exact) mass is 265 g/mol. The summed E-state index contributed by atoms with van der Waals surface area (Å²) in [5.41, 5.74) is 0.531.